The quantitative estimate of drug-likeness (QED) is 0.165. The number of amides is 4. The first-order valence-corrected chi connectivity index (χ1v) is 13.9. The molecule has 0 aliphatic carbocycles. The zero-order chi connectivity index (χ0) is 29.6. The van der Waals surface area contributed by atoms with Crippen LogP contribution in [0.5, 0.6) is 0 Å². The Labute approximate surface area is 248 Å². The van der Waals surface area contributed by atoms with Crippen LogP contribution in [-0.2, 0) is 20.9 Å². The van der Waals surface area contributed by atoms with Crippen molar-refractivity contribution in [1.29, 1.82) is 0 Å². The van der Waals surface area contributed by atoms with Gasteiger partial charge in [0, 0.05) is 19.5 Å². The van der Waals surface area contributed by atoms with E-state index in [1.54, 1.807) is 30.3 Å². The number of carbonyl (C=O) groups is 4. The lowest BCUT2D eigenvalue weighted by Gasteiger charge is -2.18. The van der Waals surface area contributed by atoms with Gasteiger partial charge in [-0.15, -0.1) is 0 Å². The van der Waals surface area contributed by atoms with Gasteiger partial charge in [-0.25, -0.2) is 4.79 Å². The van der Waals surface area contributed by atoms with Crippen LogP contribution in [-0.4, -0.2) is 42.0 Å². The standard InChI is InChI=1S/C30H32Cl2N4O5/c31-24-14-9-20(16-25(24)32)18-35-30(41)33-15-5-4-8-27(37)34-19-28(38)36-26(17-29(39)40)23-12-10-22(11-13-23)21-6-2-1-3-7-21/h1-3,6-7,9-14,16,26H,4-5,8,15,17-19H2,(H,34,37)(H,36,38)(H,39,40)(H2,33,35,41). The van der Waals surface area contributed by atoms with Crippen LogP contribution < -0.4 is 21.3 Å². The molecular formula is C30H32Cl2N4O5. The first kappa shape index (κ1) is 31.4. The average Bonchev–Trinajstić information content (AvgIpc) is 2.96. The lowest BCUT2D eigenvalue weighted by Crippen LogP contribution is -2.39. The van der Waals surface area contributed by atoms with E-state index in [4.69, 9.17) is 23.2 Å². The maximum atomic E-state index is 12.5. The lowest BCUT2D eigenvalue weighted by atomic mass is 9.99. The largest absolute Gasteiger partial charge is 0.481 e. The number of rotatable bonds is 14. The number of halogens is 2. The van der Waals surface area contributed by atoms with E-state index in [9.17, 15) is 24.3 Å². The van der Waals surface area contributed by atoms with Crippen LogP contribution in [0.2, 0.25) is 10.0 Å². The Morgan fingerprint density at radius 1 is 0.756 bits per heavy atom. The lowest BCUT2D eigenvalue weighted by molar-refractivity contribution is -0.138. The van der Waals surface area contributed by atoms with E-state index in [0.29, 0.717) is 41.5 Å². The maximum Gasteiger partial charge on any atom is 0.315 e. The number of carbonyl (C=O) groups excluding carboxylic acids is 3. The van der Waals surface area contributed by atoms with Crippen molar-refractivity contribution in [2.24, 2.45) is 0 Å². The fraction of sp³-hybridized carbons (Fsp3) is 0.267. The summed E-state index contributed by atoms with van der Waals surface area (Å²) in [6, 6.07) is 21.1. The SMILES string of the molecule is O=C(O)CC(NC(=O)CNC(=O)CCCCNC(=O)NCc1ccc(Cl)c(Cl)c1)c1ccc(-c2ccccc2)cc1. The molecule has 9 nitrogen and oxygen atoms in total. The van der Waals surface area contributed by atoms with Gasteiger partial charge in [0.2, 0.25) is 11.8 Å². The van der Waals surface area contributed by atoms with Gasteiger partial charge in [-0.2, -0.15) is 0 Å². The van der Waals surface area contributed by atoms with Crippen molar-refractivity contribution >= 4 is 47.0 Å². The average molecular weight is 600 g/mol. The van der Waals surface area contributed by atoms with E-state index in [2.05, 4.69) is 21.3 Å². The number of hydrogen-bond acceptors (Lipinski definition) is 4. The molecule has 0 heterocycles. The highest BCUT2D eigenvalue weighted by Gasteiger charge is 2.18. The molecule has 5 N–H and O–H groups in total. The first-order chi connectivity index (χ1) is 19.7. The summed E-state index contributed by atoms with van der Waals surface area (Å²) in [4.78, 5) is 48.0. The van der Waals surface area contributed by atoms with Crippen LogP contribution in [0.4, 0.5) is 4.79 Å². The zero-order valence-electron chi connectivity index (χ0n) is 22.3. The molecule has 3 rings (SSSR count). The molecule has 216 valence electrons. The number of carboxylic acid groups (broad SMARTS) is 1. The molecule has 0 saturated heterocycles. The Morgan fingerprint density at radius 2 is 1.46 bits per heavy atom. The van der Waals surface area contributed by atoms with Gasteiger partial charge in [-0.1, -0.05) is 83.9 Å². The molecule has 0 fully saturated rings. The van der Waals surface area contributed by atoms with Gasteiger partial charge < -0.3 is 26.4 Å². The van der Waals surface area contributed by atoms with Gasteiger partial charge in [0.1, 0.15) is 0 Å². The van der Waals surface area contributed by atoms with Crippen molar-refractivity contribution in [3.63, 3.8) is 0 Å². The molecule has 3 aromatic rings. The smallest absolute Gasteiger partial charge is 0.315 e. The van der Waals surface area contributed by atoms with Crippen LogP contribution in [0.15, 0.2) is 72.8 Å². The molecule has 11 heteroatoms. The minimum Gasteiger partial charge on any atom is -0.481 e. The molecule has 1 atom stereocenters. The van der Waals surface area contributed by atoms with Gasteiger partial charge in [-0.3, -0.25) is 14.4 Å². The summed E-state index contributed by atoms with van der Waals surface area (Å²) in [6.45, 7) is 0.396. The summed E-state index contributed by atoms with van der Waals surface area (Å²) in [5, 5.41) is 20.9. The number of hydrogen-bond donors (Lipinski definition) is 5. The van der Waals surface area contributed by atoms with Gasteiger partial charge in [0.05, 0.1) is 29.1 Å². The minimum atomic E-state index is -1.05. The molecule has 4 amide bonds. The van der Waals surface area contributed by atoms with E-state index in [0.717, 1.165) is 16.7 Å². The summed E-state index contributed by atoms with van der Waals surface area (Å²) in [7, 11) is 0. The number of carboxylic acids is 1. The fourth-order valence-corrected chi connectivity index (χ4v) is 4.31. The van der Waals surface area contributed by atoms with Crippen LogP contribution in [0, 0.1) is 0 Å². The van der Waals surface area contributed by atoms with Crippen LogP contribution in [0.3, 0.4) is 0 Å². The Bertz CT molecular complexity index is 1340. The molecule has 0 aliphatic rings. The highest BCUT2D eigenvalue weighted by Crippen LogP contribution is 2.24. The summed E-state index contributed by atoms with van der Waals surface area (Å²) >= 11 is 11.8. The normalized spacial score (nSPS) is 11.3. The first-order valence-electron chi connectivity index (χ1n) is 13.1. The topological polar surface area (TPSA) is 137 Å². The van der Waals surface area contributed by atoms with Gasteiger partial charge in [0.15, 0.2) is 0 Å². The van der Waals surface area contributed by atoms with Crippen molar-refractivity contribution < 1.29 is 24.3 Å². The fourth-order valence-electron chi connectivity index (χ4n) is 3.98. The van der Waals surface area contributed by atoms with E-state index >= 15 is 0 Å². The third-order valence-corrected chi connectivity index (χ3v) is 6.87. The third kappa shape index (κ3) is 11.1. The van der Waals surface area contributed by atoms with Crippen molar-refractivity contribution in [2.75, 3.05) is 13.1 Å². The number of unbranched alkanes of at least 4 members (excludes halogenated alkanes) is 1. The second-order valence-electron chi connectivity index (χ2n) is 9.30. The molecule has 41 heavy (non-hydrogen) atoms. The van der Waals surface area contributed by atoms with E-state index in [1.807, 2.05) is 42.5 Å². The van der Waals surface area contributed by atoms with Crippen LogP contribution in [0.25, 0.3) is 11.1 Å². The van der Waals surface area contributed by atoms with Gasteiger partial charge >= 0.3 is 12.0 Å². The Kier molecular flexibility index (Phi) is 12.5. The predicted octanol–water partition coefficient (Wildman–Crippen LogP) is 5.08. The molecular weight excluding hydrogens is 567 g/mol. The van der Waals surface area contributed by atoms with Crippen molar-refractivity contribution in [1.82, 2.24) is 21.3 Å². The number of benzene rings is 3. The molecule has 3 aromatic carbocycles. The predicted molar refractivity (Wildman–Crippen MR) is 159 cm³/mol. The second kappa shape index (κ2) is 16.2. The third-order valence-electron chi connectivity index (χ3n) is 6.13. The summed E-state index contributed by atoms with van der Waals surface area (Å²) in [5.74, 6) is -1.86. The van der Waals surface area contributed by atoms with Crippen molar-refractivity contribution in [3.05, 3.63) is 94.0 Å². The van der Waals surface area contributed by atoms with Gasteiger partial charge in [0.25, 0.3) is 0 Å². The number of aliphatic carboxylic acids is 1. The maximum absolute atomic E-state index is 12.5. The summed E-state index contributed by atoms with van der Waals surface area (Å²) in [6.07, 6.45) is 0.965. The highest BCUT2D eigenvalue weighted by molar-refractivity contribution is 6.42. The van der Waals surface area contributed by atoms with E-state index < -0.39 is 17.9 Å². The molecule has 1 unspecified atom stereocenters. The second-order valence-corrected chi connectivity index (χ2v) is 10.1. The molecule has 0 radical (unpaired) electrons. The number of nitrogens with one attached hydrogen (secondary N) is 4. The molecule has 0 saturated carbocycles. The van der Waals surface area contributed by atoms with E-state index in [-0.39, 0.29) is 31.3 Å². The Balaban J connectivity index is 1.34. The summed E-state index contributed by atoms with van der Waals surface area (Å²) in [5.41, 5.74) is 3.46. The molecule has 0 spiro atoms. The Morgan fingerprint density at radius 3 is 2.15 bits per heavy atom. The minimum absolute atomic E-state index is 0.180. The molecule has 0 bridgehead atoms. The van der Waals surface area contributed by atoms with E-state index in [1.165, 1.54) is 0 Å². The van der Waals surface area contributed by atoms with Gasteiger partial charge in [-0.05, 0) is 47.2 Å². The summed E-state index contributed by atoms with van der Waals surface area (Å²) < 4.78 is 0. The number of urea groups is 1. The monoisotopic (exact) mass is 598 g/mol. The molecule has 0 aromatic heterocycles. The van der Waals surface area contributed by atoms with Crippen molar-refractivity contribution in [3.8, 4) is 11.1 Å². The highest BCUT2D eigenvalue weighted by atomic mass is 35.5. The van der Waals surface area contributed by atoms with Crippen molar-refractivity contribution in [2.45, 2.75) is 38.3 Å². The van der Waals surface area contributed by atoms with Crippen LogP contribution in [0.1, 0.15) is 42.9 Å². The molecule has 0 aliphatic heterocycles. The van der Waals surface area contributed by atoms with Crippen LogP contribution >= 0.6 is 23.2 Å². The Hall–Kier alpha value is -4.08. The zero-order valence-corrected chi connectivity index (χ0v) is 23.8.